The second kappa shape index (κ2) is 17.7. The average molecular weight is 785 g/mol. The quantitative estimate of drug-likeness (QED) is 0.111. The number of hydrogen-bond donors (Lipinski definition) is 0. The van der Waals surface area contributed by atoms with E-state index in [0.29, 0.717) is 23.0 Å². The van der Waals surface area contributed by atoms with Crippen LogP contribution in [0.2, 0.25) is 0 Å². The van der Waals surface area contributed by atoms with E-state index in [2.05, 4.69) is 231 Å². The zero-order chi connectivity index (χ0) is 44.6. The lowest BCUT2D eigenvalue weighted by Crippen LogP contribution is -2.53. The van der Waals surface area contributed by atoms with Crippen LogP contribution in [0.5, 0.6) is 0 Å². The molecule has 0 aliphatic heterocycles. The average Bonchev–Trinajstić information content (AvgIpc) is 2.91. The highest BCUT2D eigenvalue weighted by Gasteiger charge is 2.55. The third-order valence-corrected chi connectivity index (χ3v) is 19.5. The molecule has 326 valence electrons. The largest absolute Gasteiger partial charge is 0.157 e. The van der Waals surface area contributed by atoms with Crippen molar-refractivity contribution >= 4 is 11.8 Å². The van der Waals surface area contributed by atoms with E-state index in [-0.39, 0.29) is 59.6 Å². The highest BCUT2D eigenvalue weighted by Crippen LogP contribution is 2.63. The third-order valence-electron chi connectivity index (χ3n) is 17.3. The van der Waals surface area contributed by atoms with Gasteiger partial charge in [-0.25, -0.2) is 0 Å². The Morgan fingerprint density at radius 3 is 1.36 bits per heavy atom. The summed E-state index contributed by atoms with van der Waals surface area (Å²) in [4.78, 5) is 0. The Morgan fingerprint density at radius 1 is 0.545 bits per heavy atom. The molecule has 0 aliphatic rings. The standard InChI is InChI=1S/C54H104S/c1-38(2)43(55-35-40(5)34-46(13,14)47(15,16)36-48(17,18)51(23,24)39(3)4)53(27,28)54(29,30)50(21,22)37-49(19,20)52(25,26)41(6)33-42(45(10,11)12)31-32-44(7,8)9/h31-33,38-40,43H,6,34-37H2,1-5,7-30H3/b32-31+,42-33+. The first kappa shape index (κ1) is 54.6. The normalized spacial score (nSPS) is 17.1. The summed E-state index contributed by atoms with van der Waals surface area (Å²) < 4.78 is 0. The van der Waals surface area contributed by atoms with E-state index in [1.807, 2.05) is 0 Å². The molecule has 0 aliphatic carbocycles. The Hall–Kier alpha value is -0.430. The molecule has 0 aromatic heterocycles. The minimum absolute atomic E-state index is 0.0283. The van der Waals surface area contributed by atoms with Gasteiger partial charge in [-0.05, 0) is 113 Å². The Bertz CT molecular complexity index is 1300. The fourth-order valence-electron chi connectivity index (χ4n) is 9.49. The molecule has 0 amide bonds. The van der Waals surface area contributed by atoms with Crippen molar-refractivity contribution in [1.82, 2.24) is 0 Å². The second-order valence-electron chi connectivity index (χ2n) is 27.0. The van der Waals surface area contributed by atoms with Crippen LogP contribution in [0.3, 0.4) is 0 Å². The Morgan fingerprint density at radius 2 is 0.982 bits per heavy atom. The first-order chi connectivity index (χ1) is 23.8. The molecule has 0 radical (unpaired) electrons. The van der Waals surface area contributed by atoms with Crippen molar-refractivity contribution in [2.45, 2.75) is 225 Å². The van der Waals surface area contributed by atoms with Crippen LogP contribution in [-0.2, 0) is 0 Å². The summed E-state index contributed by atoms with van der Waals surface area (Å²) in [6.45, 7) is 76.5. The van der Waals surface area contributed by atoms with Gasteiger partial charge in [0.2, 0.25) is 0 Å². The van der Waals surface area contributed by atoms with Gasteiger partial charge in [-0.15, -0.1) is 0 Å². The number of thioether (sulfide) groups is 1. The molecule has 0 saturated carbocycles. The van der Waals surface area contributed by atoms with Crippen molar-refractivity contribution in [2.24, 2.45) is 77.3 Å². The fraction of sp³-hybridized carbons (Fsp3) is 0.889. The lowest BCUT2D eigenvalue weighted by Gasteiger charge is -2.59. The van der Waals surface area contributed by atoms with Gasteiger partial charge in [0.05, 0.1) is 0 Å². The molecule has 2 unspecified atom stereocenters. The summed E-state index contributed by atoms with van der Waals surface area (Å²) in [6, 6.07) is 0. The predicted octanol–water partition coefficient (Wildman–Crippen LogP) is 18.6. The van der Waals surface area contributed by atoms with Crippen molar-refractivity contribution in [3.05, 3.63) is 36.0 Å². The summed E-state index contributed by atoms with van der Waals surface area (Å²) >= 11 is 2.28. The lowest BCUT2D eigenvalue weighted by molar-refractivity contribution is -0.0660. The van der Waals surface area contributed by atoms with Crippen molar-refractivity contribution in [3.8, 4) is 0 Å². The van der Waals surface area contributed by atoms with Gasteiger partial charge in [0, 0.05) is 5.25 Å². The summed E-state index contributed by atoms with van der Waals surface area (Å²) in [6.07, 6.45) is 10.7. The fourth-order valence-corrected chi connectivity index (χ4v) is 11.2. The van der Waals surface area contributed by atoms with Gasteiger partial charge in [0.15, 0.2) is 0 Å². The molecule has 0 bridgehead atoms. The maximum Gasteiger partial charge on any atom is 0.0127 e. The van der Waals surface area contributed by atoms with Gasteiger partial charge in [-0.3, -0.25) is 0 Å². The van der Waals surface area contributed by atoms with Crippen molar-refractivity contribution in [3.63, 3.8) is 0 Å². The highest BCUT2D eigenvalue weighted by molar-refractivity contribution is 7.99. The van der Waals surface area contributed by atoms with Crippen LogP contribution < -0.4 is 0 Å². The van der Waals surface area contributed by atoms with E-state index >= 15 is 0 Å². The zero-order valence-electron chi connectivity index (χ0n) is 43.5. The molecule has 0 fully saturated rings. The molecule has 0 saturated heterocycles. The molecule has 0 aromatic rings. The summed E-state index contributed by atoms with van der Waals surface area (Å²) in [5.74, 6) is 3.12. The van der Waals surface area contributed by atoms with Gasteiger partial charge in [0.1, 0.15) is 0 Å². The van der Waals surface area contributed by atoms with Gasteiger partial charge in [0.25, 0.3) is 0 Å². The van der Waals surface area contributed by atoms with E-state index in [1.54, 1.807) is 0 Å². The smallest absolute Gasteiger partial charge is 0.0127 e. The molecule has 0 rings (SSSR count). The van der Waals surface area contributed by atoms with Gasteiger partial charge in [-0.1, -0.05) is 226 Å². The van der Waals surface area contributed by atoms with Crippen LogP contribution in [0.15, 0.2) is 36.0 Å². The minimum Gasteiger partial charge on any atom is -0.157 e. The monoisotopic (exact) mass is 785 g/mol. The predicted molar refractivity (Wildman–Crippen MR) is 258 cm³/mol. The molecular formula is C54H104S. The van der Waals surface area contributed by atoms with E-state index < -0.39 is 0 Å². The molecule has 0 spiro atoms. The molecule has 1 heteroatoms. The topological polar surface area (TPSA) is 0 Å². The van der Waals surface area contributed by atoms with Crippen LogP contribution in [0.25, 0.3) is 0 Å². The second-order valence-corrected chi connectivity index (χ2v) is 28.2. The zero-order valence-corrected chi connectivity index (χ0v) is 44.3. The number of hydrogen-bond acceptors (Lipinski definition) is 1. The van der Waals surface area contributed by atoms with Gasteiger partial charge in [-0.2, -0.15) is 11.8 Å². The summed E-state index contributed by atoms with van der Waals surface area (Å²) in [7, 11) is 0. The first-order valence-electron chi connectivity index (χ1n) is 22.5. The summed E-state index contributed by atoms with van der Waals surface area (Å²) in [5, 5.41) is 0.559. The van der Waals surface area contributed by atoms with Crippen molar-refractivity contribution in [1.29, 1.82) is 0 Å². The molecule has 0 nitrogen and oxygen atoms in total. The highest BCUT2D eigenvalue weighted by atomic mass is 32.2. The van der Waals surface area contributed by atoms with Crippen LogP contribution in [0.4, 0.5) is 0 Å². The van der Waals surface area contributed by atoms with Crippen LogP contribution in [-0.4, -0.2) is 11.0 Å². The minimum atomic E-state index is -0.0848. The molecule has 55 heavy (non-hydrogen) atoms. The third kappa shape index (κ3) is 13.0. The number of allylic oxidation sites excluding steroid dienone is 5. The van der Waals surface area contributed by atoms with E-state index in [4.69, 9.17) is 6.58 Å². The number of rotatable bonds is 20. The van der Waals surface area contributed by atoms with Gasteiger partial charge < -0.3 is 0 Å². The molecule has 0 N–H and O–H groups in total. The molecule has 2 atom stereocenters. The van der Waals surface area contributed by atoms with E-state index in [1.165, 1.54) is 29.7 Å². The van der Waals surface area contributed by atoms with Crippen LogP contribution >= 0.6 is 11.8 Å². The Kier molecular flexibility index (Phi) is 17.5. The molecule has 0 heterocycles. The van der Waals surface area contributed by atoms with Gasteiger partial charge >= 0.3 is 0 Å². The first-order valence-corrected chi connectivity index (χ1v) is 23.5. The van der Waals surface area contributed by atoms with Crippen molar-refractivity contribution < 1.29 is 0 Å². The molecule has 0 aromatic carbocycles. The van der Waals surface area contributed by atoms with E-state index in [0.717, 1.165) is 6.42 Å². The summed E-state index contributed by atoms with van der Waals surface area (Å²) in [5.41, 5.74) is 4.03. The molecular weight excluding hydrogens is 681 g/mol. The maximum absolute atomic E-state index is 4.78. The SMILES string of the molecule is C=C(/C=C(\C=C\C(C)(C)C)C(C)(C)C)C(C)(C)C(C)(C)CC(C)(C)C(C)(C)C(C)(C)C(SCC(C)CC(C)(C)C(C)(C)CC(C)(C)C(C)(C)C(C)C)C(C)C. The van der Waals surface area contributed by atoms with E-state index in [9.17, 15) is 0 Å². The van der Waals surface area contributed by atoms with Crippen LogP contribution in [0, 0.1) is 77.3 Å². The Labute approximate surface area is 354 Å². The lowest BCUT2D eigenvalue weighted by atomic mass is 9.47. The van der Waals surface area contributed by atoms with Crippen LogP contribution in [0.1, 0.15) is 220 Å². The maximum atomic E-state index is 4.78. The Balaban J connectivity index is 6.42. The van der Waals surface area contributed by atoms with Crippen molar-refractivity contribution in [2.75, 3.05) is 5.75 Å².